The van der Waals surface area contributed by atoms with Crippen LogP contribution in [0.2, 0.25) is 0 Å². The van der Waals surface area contributed by atoms with Gasteiger partial charge in [0.2, 0.25) is 0 Å². The molecule has 2 aromatic rings. The van der Waals surface area contributed by atoms with Crippen LogP contribution in [0.25, 0.3) is 0 Å². The van der Waals surface area contributed by atoms with Crippen LogP contribution in [0.15, 0.2) is 65.0 Å². The number of carbonyl (C=O) groups is 2. The first kappa shape index (κ1) is 21.0. The molecular weight excluding hydrogens is 386 g/mol. The summed E-state index contributed by atoms with van der Waals surface area (Å²) in [5.41, 5.74) is 5.79. The van der Waals surface area contributed by atoms with E-state index in [2.05, 4.69) is 29.5 Å². The van der Waals surface area contributed by atoms with Crippen molar-refractivity contribution < 1.29 is 9.59 Å². The fourth-order valence-corrected chi connectivity index (χ4v) is 4.76. The lowest BCUT2D eigenvalue weighted by Gasteiger charge is -2.40. The van der Waals surface area contributed by atoms with Gasteiger partial charge in [0.1, 0.15) is 5.82 Å². The van der Waals surface area contributed by atoms with E-state index in [9.17, 15) is 9.59 Å². The fourth-order valence-electron chi connectivity index (χ4n) is 4.76. The predicted molar refractivity (Wildman–Crippen MR) is 122 cm³/mol. The van der Waals surface area contributed by atoms with Crippen molar-refractivity contribution in [1.29, 1.82) is 0 Å². The maximum absolute atomic E-state index is 13.5. The Morgan fingerprint density at radius 2 is 1.81 bits per heavy atom. The first-order chi connectivity index (χ1) is 14.7. The topological polar surface area (TPSA) is 71.1 Å². The normalized spacial score (nSPS) is 20.3. The number of rotatable bonds is 3. The van der Waals surface area contributed by atoms with Gasteiger partial charge in [0.25, 0.3) is 5.91 Å². The Hall–Kier alpha value is -3.21. The van der Waals surface area contributed by atoms with Gasteiger partial charge in [-0.25, -0.2) is 4.98 Å². The van der Waals surface area contributed by atoms with Crippen LogP contribution >= 0.6 is 0 Å². The highest BCUT2D eigenvalue weighted by molar-refractivity contribution is 6.09. The summed E-state index contributed by atoms with van der Waals surface area (Å²) in [6.45, 7) is 10.1. The monoisotopic (exact) mass is 415 g/mol. The molecule has 1 aromatic carbocycles. The molecule has 4 rings (SSSR count). The van der Waals surface area contributed by atoms with Crippen LogP contribution in [0.1, 0.15) is 56.4 Å². The second-order valence-electron chi connectivity index (χ2n) is 9.40. The van der Waals surface area contributed by atoms with Gasteiger partial charge in [-0.3, -0.25) is 9.59 Å². The van der Waals surface area contributed by atoms with Crippen molar-refractivity contribution in [2.24, 2.45) is 5.41 Å². The van der Waals surface area contributed by atoms with Crippen molar-refractivity contribution >= 4 is 17.5 Å². The van der Waals surface area contributed by atoms with Crippen LogP contribution in [0.5, 0.6) is 0 Å². The summed E-state index contributed by atoms with van der Waals surface area (Å²) in [5, 5.41) is 6.36. The SMILES string of the molecule is CC1=C(C(=O)Nc2cccc(C)n2)C(c2ccccc2C)C2=C(CC(C)(C)CC2=O)N1. The van der Waals surface area contributed by atoms with Crippen LogP contribution in [-0.4, -0.2) is 16.7 Å². The molecule has 1 aliphatic carbocycles. The van der Waals surface area contributed by atoms with E-state index in [1.165, 1.54) is 0 Å². The first-order valence-electron chi connectivity index (χ1n) is 10.7. The maximum Gasteiger partial charge on any atom is 0.255 e. The number of nitrogens with one attached hydrogen (secondary N) is 2. The van der Waals surface area contributed by atoms with E-state index in [4.69, 9.17) is 0 Å². The molecule has 0 spiro atoms. The van der Waals surface area contributed by atoms with Gasteiger partial charge in [0, 0.05) is 40.6 Å². The standard InChI is InChI=1S/C26H29N3O2/c1-15-9-6-7-11-18(15)23-22(25(31)29-21-12-8-10-16(2)27-21)17(3)28-19-13-26(4,5)14-20(30)24(19)23/h6-12,23,28H,13-14H2,1-5H3,(H,27,29,31). The summed E-state index contributed by atoms with van der Waals surface area (Å²) in [6, 6.07) is 13.5. The molecule has 1 unspecified atom stereocenters. The van der Waals surface area contributed by atoms with Crippen molar-refractivity contribution in [3.8, 4) is 0 Å². The molecule has 2 N–H and O–H groups in total. The molecule has 160 valence electrons. The molecule has 0 fully saturated rings. The number of dihydropyridines is 1. The number of allylic oxidation sites excluding steroid dienone is 3. The quantitative estimate of drug-likeness (QED) is 0.745. The number of ketones is 1. The molecule has 0 radical (unpaired) electrons. The van der Waals surface area contributed by atoms with E-state index in [-0.39, 0.29) is 17.1 Å². The van der Waals surface area contributed by atoms with Gasteiger partial charge in [-0.2, -0.15) is 0 Å². The number of hydrogen-bond acceptors (Lipinski definition) is 4. The van der Waals surface area contributed by atoms with Gasteiger partial charge in [-0.05, 0) is 55.9 Å². The number of benzene rings is 1. The third kappa shape index (κ3) is 4.05. The zero-order chi connectivity index (χ0) is 22.3. The zero-order valence-corrected chi connectivity index (χ0v) is 18.8. The predicted octanol–water partition coefficient (Wildman–Crippen LogP) is 4.94. The van der Waals surface area contributed by atoms with Crippen LogP contribution < -0.4 is 10.6 Å². The number of aryl methyl sites for hydroxylation is 2. The van der Waals surface area contributed by atoms with E-state index >= 15 is 0 Å². The Bertz CT molecular complexity index is 1140. The molecule has 1 aromatic heterocycles. The Morgan fingerprint density at radius 3 is 2.52 bits per heavy atom. The van der Waals surface area contributed by atoms with Crippen LogP contribution in [-0.2, 0) is 9.59 Å². The second-order valence-corrected chi connectivity index (χ2v) is 9.40. The number of hydrogen-bond donors (Lipinski definition) is 2. The van der Waals surface area contributed by atoms with Gasteiger partial charge >= 0.3 is 0 Å². The van der Waals surface area contributed by atoms with Gasteiger partial charge in [-0.15, -0.1) is 0 Å². The summed E-state index contributed by atoms with van der Waals surface area (Å²) >= 11 is 0. The van der Waals surface area contributed by atoms with Crippen molar-refractivity contribution in [2.75, 3.05) is 5.32 Å². The van der Waals surface area contributed by atoms with E-state index in [1.807, 2.05) is 57.2 Å². The van der Waals surface area contributed by atoms with Gasteiger partial charge in [0.15, 0.2) is 5.78 Å². The maximum atomic E-state index is 13.5. The summed E-state index contributed by atoms with van der Waals surface area (Å²) in [5.74, 6) is -0.0189. The zero-order valence-electron chi connectivity index (χ0n) is 18.8. The molecule has 31 heavy (non-hydrogen) atoms. The molecular formula is C26H29N3O2. The van der Waals surface area contributed by atoms with Gasteiger partial charge in [0.05, 0.1) is 0 Å². The molecule has 2 aliphatic rings. The Morgan fingerprint density at radius 1 is 1.06 bits per heavy atom. The summed E-state index contributed by atoms with van der Waals surface area (Å²) in [6.07, 6.45) is 1.26. The molecule has 5 heteroatoms. The number of Topliss-reactive ketones (excluding diaryl/α,β-unsaturated/α-hetero) is 1. The van der Waals surface area contributed by atoms with Crippen molar-refractivity contribution in [3.05, 3.63) is 81.8 Å². The van der Waals surface area contributed by atoms with Gasteiger partial charge < -0.3 is 10.6 Å². The lowest BCUT2D eigenvalue weighted by atomic mass is 9.68. The van der Waals surface area contributed by atoms with Crippen LogP contribution in [0.4, 0.5) is 5.82 Å². The molecule has 1 amide bonds. The third-order valence-electron chi connectivity index (χ3n) is 6.11. The molecule has 0 bridgehead atoms. The summed E-state index contributed by atoms with van der Waals surface area (Å²) in [4.78, 5) is 31.3. The fraction of sp³-hybridized carbons (Fsp3) is 0.346. The minimum absolute atomic E-state index is 0.106. The average molecular weight is 416 g/mol. The minimum atomic E-state index is -0.397. The third-order valence-corrected chi connectivity index (χ3v) is 6.11. The van der Waals surface area contributed by atoms with Crippen molar-refractivity contribution in [3.63, 3.8) is 0 Å². The highest BCUT2D eigenvalue weighted by Crippen LogP contribution is 2.47. The van der Waals surface area contributed by atoms with E-state index in [0.29, 0.717) is 17.8 Å². The molecule has 0 saturated heterocycles. The number of amides is 1. The first-order valence-corrected chi connectivity index (χ1v) is 10.7. The summed E-state index contributed by atoms with van der Waals surface area (Å²) in [7, 11) is 0. The van der Waals surface area contributed by atoms with Gasteiger partial charge in [-0.1, -0.05) is 44.2 Å². The lowest BCUT2D eigenvalue weighted by molar-refractivity contribution is -0.118. The Labute approximate surface area is 183 Å². The van der Waals surface area contributed by atoms with E-state index in [0.717, 1.165) is 40.2 Å². The second kappa shape index (κ2) is 7.80. The van der Waals surface area contributed by atoms with Crippen molar-refractivity contribution in [2.45, 2.75) is 53.4 Å². The number of nitrogens with zero attached hydrogens (tertiary/aromatic N) is 1. The van der Waals surface area contributed by atoms with Crippen molar-refractivity contribution in [1.82, 2.24) is 10.3 Å². The number of pyridine rings is 1. The molecule has 0 saturated carbocycles. The molecule has 2 heterocycles. The molecule has 1 aliphatic heterocycles. The minimum Gasteiger partial charge on any atom is -0.362 e. The number of anilines is 1. The highest BCUT2D eigenvalue weighted by atomic mass is 16.2. The largest absolute Gasteiger partial charge is 0.362 e. The highest BCUT2D eigenvalue weighted by Gasteiger charge is 2.43. The average Bonchev–Trinajstić information content (AvgIpc) is 2.66. The number of aromatic nitrogens is 1. The van der Waals surface area contributed by atoms with E-state index in [1.54, 1.807) is 6.07 Å². The summed E-state index contributed by atoms with van der Waals surface area (Å²) < 4.78 is 0. The van der Waals surface area contributed by atoms with Crippen LogP contribution in [0, 0.1) is 19.3 Å². The lowest BCUT2D eigenvalue weighted by Crippen LogP contribution is -2.39. The smallest absolute Gasteiger partial charge is 0.255 e. The molecule has 1 atom stereocenters. The Kier molecular flexibility index (Phi) is 5.29. The Balaban J connectivity index is 1.83. The molecule has 5 nitrogen and oxygen atoms in total. The van der Waals surface area contributed by atoms with Crippen LogP contribution in [0.3, 0.4) is 0 Å². The number of carbonyl (C=O) groups excluding carboxylic acids is 2. The van der Waals surface area contributed by atoms with E-state index < -0.39 is 5.92 Å².